The maximum atomic E-state index is 13.0. The van der Waals surface area contributed by atoms with Gasteiger partial charge in [-0.1, -0.05) is 17.7 Å². The highest BCUT2D eigenvalue weighted by Crippen LogP contribution is 2.27. The van der Waals surface area contributed by atoms with Crippen LogP contribution in [0, 0.1) is 12.8 Å². The van der Waals surface area contributed by atoms with Crippen LogP contribution in [0.1, 0.15) is 25.3 Å². The van der Waals surface area contributed by atoms with Crippen LogP contribution >= 0.6 is 11.6 Å². The fraction of sp³-hybridized carbons (Fsp3) is 0.381. The molecule has 2 aromatic rings. The van der Waals surface area contributed by atoms with Crippen LogP contribution in [0.5, 0.6) is 5.75 Å². The molecule has 156 valence electrons. The number of carbonyl (C=O) groups excluding carboxylic acids is 1. The summed E-state index contributed by atoms with van der Waals surface area (Å²) in [5, 5.41) is 3.28. The van der Waals surface area contributed by atoms with Gasteiger partial charge in [-0.05, 0) is 68.7 Å². The van der Waals surface area contributed by atoms with Crippen molar-refractivity contribution < 1.29 is 17.9 Å². The van der Waals surface area contributed by atoms with E-state index in [1.165, 1.54) is 10.4 Å². The lowest BCUT2D eigenvalue weighted by Gasteiger charge is -2.31. The predicted molar refractivity (Wildman–Crippen MR) is 114 cm³/mol. The summed E-state index contributed by atoms with van der Waals surface area (Å²) in [6.07, 6.45) is 1.27. The number of piperidine rings is 1. The predicted octanol–water partition coefficient (Wildman–Crippen LogP) is 4.09. The van der Waals surface area contributed by atoms with Crippen molar-refractivity contribution in [3.63, 3.8) is 0 Å². The Labute approximate surface area is 176 Å². The summed E-state index contributed by atoms with van der Waals surface area (Å²) in [4.78, 5) is 12.9. The quantitative estimate of drug-likeness (QED) is 0.740. The van der Waals surface area contributed by atoms with E-state index in [0.29, 0.717) is 36.7 Å². The molecule has 1 atom stereocenters. The zero-order chi connectivity index (χ0) is 21.0. The first-order valence-electron chi connectivity index (χ1n) is 9.61. The van der Waals surface area contributed by atoms with Gasteiger partial charge < -0.3 is 10.1 Å². The molecule has 0 saturated carbocycles. The Hall–Kier alpha value is -2.09. The van der Waals surface area contributed by atoms with Crippen molar-refractivity contribution in [1.82, 2.24) is 4.31 Å². The second-order valence-corrected chi connectivity index (χ2v) is 9.40. The highest BCUT2D eigenvalue weighted by molar-refractivity contribution is 7.89. The second kappa shape index (κ2) is 9.15. The van der Waals surface area contributed by atoms with E-state index in [9.17, 15) is 13.2 Å². The van der Waals surface area contributed by atoms with Crippen molar-refractivity contribution in [3.05, 3.63) is 53.1 Å². The van der Waals surface area contributed by atoms with Crippen LogP contribution in [-0.4, -0.2) is 38.3 Å². The van der Waals surface area contributed by atoms with Gasteiger partial charge in [-0.25, -0.2) is 8.42 Å². The molecular weight excluding hydrogens is 412 g/mol. The number of hydrogen-bond acceptors (Lipinski definition) is 4. The molecule has 1 aliphatic heterocycles. The smallest absolute Gasteiger partial charge is 0.243 e. The van der Waals surface area contributed by atoms with Crippen LogP contribution in [0.2, 0.25) is 5.02 Å². The maximum absolute atomic E-state index is 13.0. The monoisotopic (exact) mass is 436 g/mol. The van der Waals surface area contributed by atoms with E-state index in [0.717, 1.165) is 11.3 Å². The van der Waals surface area contributed by atoms with Gasteiger partial charge in [0.15, 0.2) is 0 Å². The standard InChI is InChI=1S/C21H25ClN2O4S/c1-3-28-18-9-7-17(8-10-18)23-21(25)16-5-4-12-24(14-16)29(26,27)19-11-6-15(2)20(22)13-19/h6-11,13,16H,3-5,12,14H2,1-2H3,(H,23,25)/t16-/m1/s1. The number of sulfonamides is 1. The van der Waals surface area contributed by atoms with Gasteiger partial charge in [-0.2, -0.15) is 4.31 Å². The van der Waals surface area contributed by atoms with Crippen molar-refractivity contribution in [1.29, 1.82) is 0 Å². The van der Waals surface area contributed by atoms with Crippen LogP contribution in [0.4, 0.5) is 5.69 Å². The molecule has 1 heterocycles. The van der Waals surface area contributed by atoms with Gasteiger partial charge in [-0.15, -0.1) is 0 Å². The van der Waals surface area contributed by atoms with Crippen molar-refractivity contribution in [3.8, 4) is 5.75 Å². The first-order valence-corrected chi connectivity index (χ1v) is 11.4. The fourth-order valence-electron chi connectivity index (χ4n) is 3.30. The molecular formula is C21H25ClN2O4S. The minimum absolute atomic E-state index is 0.149. The molecule has 1 aliphatic rings. The zero-order valence-corrected chi connectivity index (χ0v) is 18.1. The molecule has 1 saturated heterocycles. The first-order chi connectivity index (χ1) is 13.8. The summed E-state index contributed by atoms with van der Waals surface area (Å²) in [7, 11) is -3.70. The van der Waals surface area contributed by atoms with Crippen molar-refractivity contribution in [2.45, 2.75) is 31.6 Å². The minimum atomic E-state index is -3.70. The highest BCUT2D eigenvalue weighted by Gasteiger charge is 2.33. The number of hydrogen-bond donors (Lipinski definition) is 1. The summed E-state index contributed by atoms with van der Waals surface area (Å²) in [6, 6.07) is 11.8. The largest absolute Gasteiger partial charge is 0.494 e. The van der Waals surface area contributed by atoms with Crippen molar-refractivity contribution in [2.24, 2.45) is 5.92 Å². The van der Waals surface area contributed by atoms with E-state index >= 15 is 0 Å². The van der Waals surface area contributed by atoms with Gasteiger partial charge in [0.2, 0.25) is 15.9 Å². The third-order valence-corrected chi connectivity index (χ3v) is 7.24. The molecule has 1 N–H and O–H groups in total. The van der Waals surface area contributed by atoms with E-state index in [1.54, 1.807) is 36.4 Å². The molecule has 0 radical (unpaired) electrons. The van der Waals surface area contributed by atoms with Crippen molar-refractivity contribution in [2.75, 3.05) is 25.0 Å². The molecule has 1 amide bonds. The third-order valence-electron chi connectivity index (χ3n) is 4.97. The lowest BCUT2D eigenvalue weighted by Crippen LogP contribution is -2.43. The topological polar surface area (TPSA) is 75.7 Å². The number of nitrogens with zero attached hydrogens (tertiary/aromatic N) is 1. The molecule has 29 heavy (non-hydrogen) atoms. The Morgan fingerprint density at radius 3 is 2.62 bits per heavy atom. The molecule has 0 bridgehead atoms. The third kappa shape index (κ3) is 5.10. The lowest BCUT2D eigenvalue weighted by atomic mass is 9.99. The number of halogens is 1. The molecule has 1 fully saturated rings. The second-order valence-electron chi connectivity index (χ2n) is 7.06. The number of aryl methyl sites for hydroxylation is 1. The molecule has 6 nitrogen and oxygen atoms in total. The van der Waals surface area contributed by atoms with Gasteiger partial charge in [0.05, 0.1) is 17.4 Å². The molecule has 8 heteroatoms. The highest BCUT2D eigenvalue weighted by atomic mass is 35.5. The molecule has 0 spiro atoms. The van der Waals surface area contributed by atoms with E-state index in [4.69, 9.17) is 16.3 Å². The van der Waals surface area contributed by atoms with E-state index in [2.05, 4.69) is 5.32 Å². The van der Waals surface area contributed by atoms with Crippen LogP contribution in [0.15, 0.2) is 47.4 Å². The fourth-order valence-corrected chi connectivity index (χ4v) is 5.10. The van der Waals surface area contributed by atoms with Crippen molar-refractivity contribution >= 4 is 33.2 Å². The number of nitrogens with one attached hydrogen (secondary N) is 1. The number of anilines is 1. The molecule has 2 aromatic carbocycles. The van der Waals surface area contributed by atoms with E-state index < -0.39 is 15.9 Å². The number of amides is 1. The Bertz CT molecular complexity index is 977. The Morgan fingerprint density at radius 1 is 1.24 bits per heavy atom. The summed E-state index contributed by atoms with van der Waals surface area (Å²) < 4.78 is 32.8. The normalized spacial score (nSPS) is 17.7. The van der Waals surface area contributed by atoms with Crippen LogP contribution in [-0.2, 0) is 14.8 Å². The lowest BCUT2D eigenvalue weighted by molar-refractivity contribution is -0.120. The molecule has 0 unspecified atom stereocenters. The molecule has 0 aromatic heterocycles. The summed E-state index contributed by atoms with van der Waals surface area (Å²) in [5.41, 5.74) is 1.47. The van der Waals surface area contributed by atoms with Gasteiger partial charge in [0.25, 0.3) is 0 Å². The molecule has 3 rings (SSSR count). The minimum Gasteiger partial charge on any atom is -0.494 e. The Morgan fingerprint density at radius 2 is 1.97 bits per heavy atom. The number of benzene rings is 2. The summed E-state index contributed by atoms with van der Waals surface area (Å²) in [6.45, 7) is 4.84. The average molecular weight is 437 g/mol. The first kappa shape index (κ1) is 21.6. The van der Waals surface area contributed by atoms with Gasteiger partial charge in [0.1, 0.15) is 5.75 Å². The zero-order valence-electron chi connectivity index (χ0n) is 16.5. The molecule has 0 aliphatic carbocycles. The SMILES string of the molecule is CCOc1ccc(NC(=O)[C@@H]2CCCN(S(=O)(=O)c3ccc(C)c(Cl)c3)C2)cc1. The van der Waals surface area contributed by atoms with Gasteiger partial charge in [0, 0.05) is 23.8 Å². The van der Waals surface area contributed by atoms with Crippen LogP contribution in [0.25, 0.3) is 0 Å². The van der Waals surface area contributed by atoms with Gasteiger partial charge >= 0.3 is 0 Å². The van der Waals surface area contributed by atoms with Crippen LogP contribution in [0.3, 0.4) is 0 Å². The van der Waals surface area contributed by atoms with Gasteiger partial charge in [-0.3, -0.25) is 4.79 Å². The number of rotatable bonds is 6. The van der Waals surface area contributed by atoms with Crippen LogP contribution < -0.4 is 10.1 Å². The summed E-state index contributed by atoms with van der Waals surface area (Å²) in [5.74, 6) is 0.138. The van der Waals surface area contributed by atoms with E-state index in [1.807, 2.05) is 13.8 Å². The number of carbonyl (C=O) groups is 1. The Kier molecular flexibility index (Phi) is 6.82. The Balaban J connectivity index is 1.69. The summed E-state index contributed by atoms with van der Waals surface area (Å²) >= 11 is 6.10. The maximum Gasteiger partial charge on any atom is 0.243 e. The average Bonchev–Trinajstić information content (AvgIpc) is 2.71. The van der Waals surface area contributed by atoms with E-state index in [-0.39, 0.29) is 17.3 Å². The number of ether oxygens (including phenoxy) is 1.